The largest absolute Gasteiger partial charge is 1.00 e. The number of hydrogen-bond acceptors (Lipinski definition) is 2. The fourth-order valence-corrected chi connectivity index (χ4v) is 0. The second-order valence-corrected chi connectivity index (χ2v) is 0.894. The Bertz CT molecular complexity index is 24.7. The van der Waals surface area contributed by atoms with Gasteiger partial charge in [0.05, 0.1) is 0 Å². The third-order valence-electron chi connectivity index (χ3n) is 0.0667. The maximum atomic E-state index is 3.66. The molecule has 0 aliphatic carbocycles. The van der Waals surface area contributed by atoms with E-state index in [0.717, 1.165) is 0 Å². The number of hydrogen-bond donors (Lipinski definition) is 2. The molecule has 0 amide bonds. The Hall–Kier alpha value is 2.44. The van der Waals surface area contributed by atoms with Gasteiger partial charge in [0.25, 0.3) is 0 Å². The van der Waals surface area contributed by atoms with Crippen LogP contribution >= 0.6 is 25.3 Å². The maximum absolute atomic E-state index is 3.66. The molecule has 0 spiro atoms. The van der Waals surface area contributed by atoms with E-state index < -0.39 is 0 Å². The molecule has 0 rings (SSSR count). The van der Waals surface area contributed by atoms with Gasteiger partial charge in [-0.25, -0.2) is 0 Å². The summed E-state index contributed by atoms with van der Waals surface area (Å²) in [7, 11) is 0. The minimum Gasteiger partial charge on any atom is -0.151 e. The molecule has 0 unspecified atom stereocenters. The molecule has 0 aromatic rings. The molecule has 0 heterocycles. The molecule has 0 aliphatic rings. The second-order valence-electron chi connectivity index (χ2n) is 0.298. The van der Waals surface area contributed by atoms with Crippen molar-refractivity contribution in [3.63, 3.8) is 0 Å². The van der Waals surface area contributed by atoms with Gasteiger partial charge in [0.1, 0.15) is 0 Å². The first kappa shape index (κ1) is 15.8. The van der Waals surface area contributed by atoms with Gasteiger partial charge in [0.15, 0.2) is 0 Å². The van der Waals surface area contributed by atoms with E-state index in [0.29, 0.717) is 0 Å². The molecular formula is C2H4Na2S2+2. The molecule has 0 saturated carbocycles. The average Bonchev–Trinajstić information content (AvgIpc) is 1.37. The molecule has 0 bridgehead atoms. The molecule has 0 fully saturated rings. The molecule has 0 aromatic carbocycles. The fourth-order valence-electron chi connectivity index (χ4n) is 0. The van der Waals surface area contributed by atoms with Crippen LogP contribution < -0.4 is 59.1 Å². The van der Waals surface area contributed by atoms with Crippen LogP contribution in [0.25, 0.3) is 0 Å². The Labute approximate surface area is 93.6 Å². The van der Waals surface area contributed by atoms with Gasteiger partial charge in [0.2, 0.25) is 0 Å². The molecular weight excluding hydrogens is 134 g/mol. The van der Waals surface area contributed by atoms with E-state index >= 15 is 0 Å². The van der Waals surface area contributed by atoms with Gasteiger partial charge in [-0.05, 0) is 10.8 Å². The van der Waals surface area contributed by atoms with Crippen molar-refractivity contribution < 1.29 is 59.1 Å². The minimum absolute atomic E-state index is 0. The van der Waals surface area contributed by atoms with Crippen molar-refractivity contribution in [3.05, 3.63) is 10.8 Å². The Morgan fingerprint density at radius 3 is 1.00 bits per heavy atom. The van der Waals surface area contributed by atoms with E-state index in [2.05, 4.69) is 25.3 Å². The van der Waals surface area contributed by atoms with E-state index in [1.165, 1.54) is 0 Å². The van der Waals surface area contributed by atoms with Gasteiger partial charge in [0, 0.05) is 0 Å². The van der Waals surface area contributed by atoms with Crippen LogP contribution in [-0.2, 0) is 0 Å². The summed E-state index contributed by atoms with van der Waals surface area (Å²) in [4.78, 5) is 0. The summed E-state index contributed by atoms with van der Waals surface area (Å²) in [5, 5.41) is 3.12. The monoisotopic (exact) mass is 138 g/mol. The Kier molecular flexibility index (Phi) is 41.2. The molecule has 24 valence electrons. The van der Waals surface area contributed by atoms with Crippen LogP contribution in [0.3, 0.4) is 0 Å². The molecule has 0 saturated heterocycles. The standard InChI is InChI=1S/C2H4S2.2Na/c3-1-2-4;;/h1-4H;;/q;2*+1/b2-1+;;. The van der Waals surface area contributed by atoms with Crippen molar-refractivity contribution in [1.82, 2.24) is 0 Å². The first-order valence-electron chi connectivity index (χ1n) is 0.850. The average molecular weight is 138 g/mol. The van der Waals surface area contributed by atoms with Gasteiger partial charge >= 0.3 is 59.1 Å². The van der Waals surface area contributed by atoms with Gasteiger partial charge in [-0.1, -0.05) is 0 Å². The predicted molar refractivity (Wildman–Crippen MR) is 27.1 cm³/mol. The summed E-state index contributed by atoms with van der Waals surface area (Å²) in [5.41, 5.74) is 0. The Morgan fingerprint density at radius 1 is 0.833 bits per heavy atom. The quantitative estimate of drug-likeness (QED) is 0.244. The molecule has 0 nitrogen and oxygen atoms in total. The normalized spacial score (nSPS) is 6.33. The van der Waals surface area contributed by atoms with Crippen molar-refractivity contribution in [3.8, 4) is 0 Å². The van der Waals surface area contributed by atoms with Crippen LogP contribution in [0.15, 0.2) is 10.8 Å². The van der Waals surface area contributed by atoms with Crippen molar-refractivity contribution in [2.24, 2.45) is 0 Å². The first-order chi connectivity index (χ1) is 1.91. The third-order valence-corrected chi connectivity index (χ3v) is 0.600. The summed E-state index contributed by atoms with van der Waals surface area (Å²) in [6.45, 7) is 0. The van der Waals surface area contributed by atoms with Crippen molar-refractivity contribution >= 4 is 25.3 Å². The molecule has 0 radical (unpaired) electrons. The summed E-state index contributed by atoms with van der Waals surface area (Å²) >= 11 is 7.33. The van der Waals surface area contributed by atoms with E-state index in [-0.39, 0.29) is 59.1 Å². The van der Waals surface area contributed by atoms with E-state index in [1.807, 2.05) is 0 Å². The Balaban J connectivity index is -0.0000000450. The minimum atomic E-state index is 0. The van der Waals surface area contributed by atoms with E-state index in [1.54, 1.807) is 10.8 Å². The SMILES string of the molecule is S/C=C/S.[Na+].[Na+]. The molecule has 0 atom stereocenters. The first-order valence-corrected chi connectivity index (χ1v) is 1.88. The molecule has 6 heavy (non-hydrogen) atoms. The zero-order valence-electron chi connectivity index (χ0n) is 4.05. The molecule has 0 aromatic heterocycles. The topological polar surface area (TPSA) is 0 Å². The van der Waals surface area contributed by atoms with Gasteiger partial charge in [-0.2, -0.15) is 25.3 Å². The maximum Gasteiger partial charge on any atom is 1.00 e. The Morgan fingerprint density at radius 2 is 1.00 bits per heavy atom. The number of thiol groups is 2. The van der Waals surface area contributed by atoms with Crippen molar-refractivity contribution in [2.75, 3.05) is 0 Å². The second kappa shape index (κ2) is 15.7. The zero-order chi connectivity index (χ0) is 3.41. The van der Waals surface area contributed by atoms with Crippen LogP contribution in [0.1, 0.15) is 0 Å². The van der Waals surface area contributed by atoms with Gasteiger partial charge in [-0.15, -0.1) is 0 Å². The van der Waals surface area contributed by atoms with E-state index in [4.69, 9.17) is 0 Å². The van der Waals surface area contributed by atoms with Gasteiger partial charge < -0.3 is 0 Å². The summed E-state index contributed by atoms with van der Waals surface area (Å²) in [6, 6.07) is 0. The summed E-state index contributed by atoms with van der Waals surface area (Å²) in [5.74, 6) is 0. The van der Waals surface area contributed by atoms with Crippen LogP contribution in [0.5, 0.6) is 0 Å². The fraction of sp³-hybridized carbons (Fsp3) is 0. The molecule has 4 heteroatoms. The predicted octanol–water partition coefficient (Wildman–Crippen LogP) is -4.67. The van der Waals surface area contributed by atoms with Crippen molar-refractivity contribution in [2.45, 2.75) is 0 Å². The van der Waals surface area contributed by atoms with Crippen molar-refractivity contribution in [1.29, 1.82) is 0 Å². The van der Waals surface area contributed by atoms with Crippen LogP contribution in [-0.4, -0.2) is 0 Å². The van der Waals surface area contributed by atoms with Crippen LogP contribution in [0.2, 0.25) is 0 Å². The van der Waals surface area contributed by atoms with E-state index in [9.17, 15) is 0 Å². The summed E-state index contributed by atoms with van der Waals surface area (Å²) in [6.07, 6.45) is 0. The summed E-state index contributed by atoms with van der Waals surface area (Å²) < 4.78 is 0. The molecule has 0 N–H and O–H groups in total. The number of rotatable bonds is 0. The van der Waals surface area contributed by atoms with Gasteiger partial charge in [-0.3, -0.25) is 0 Å². The molecule has 0 aliphatic heterocycles. The van der Waals surface area contributed by atoms with Crippen LogP contribution in [0.4, 0.5) is 0 Å². The third kappa shape index (κ3) is 16.1. The zero-order valence-corrected chi connectivity index (χ0v) is 9.84. The van der Waals surface area contributed by atoms with Crippen LogP contribution in [0, 0.1) is 0 Å². The smallest absolute Gasteiger partial charge is 0.151 e.